The molecule has 0 saturated carbocycles. The van der Waals surface area contributed by atoms with Crippen LogP contribution in [0.5, 0.6) is 0 Å². The molecule has 2 N–H and O–H groups in total. The molecule has 4 heterocycles. The molecule has 0 aromatic carbocycles. The zero-order chi connectivity index (χ0) is 17.9. The van der Waals surface area contributed by atoms with Gasteiger partial charge in [0.2, 0.25) is 0 Å². The van der Waals surface area contributed by atoms with E-state index < -0.39 is 0 Å². The number of amides is 1. The lowest BCUT2D eigenvalue weighted by Gasteiger charge is -2.34. The molecule has 2 aromatic rings. The molecule has 0 spiro atoms. The van der Waals surface area contributed by atoms with Gasteiger partial charge in [-0.2, -0.15) is 5.10 Å². The number of hydrogen-bond donors (Lipinski definition) is 2. The fourth-order valence-electron chi connectivity index (χ4n) is 3.87. The number of carbonyl (C=O) groups excluding carboxylic acids is 1. The average Bonchev–Trinajstić information content (AvgIpc) is 3.29. The van der Waals surface area contributed by atoms with Crippen LogP contribution in [0, 0.1) is 0 Å². The van der Waals surface area contributed by atoms with Crippen LogP contribution in [0.2, 0.25) is 0 Å². The summed E-state index contributed by atoms with van der Waals surface area (Å²) in [5.74, 6) is -0.167. The highest BCUT2D eigenvalue weighted by atomic mass is 16.5. The van der Waals surface area contributed by atoms with Crippen molar-refractivity contribution >= 4 is 11.6 Å². The lowest BCUT2D eigenvalue weighted by molar-refractivity contribution is 0.0901. The first kappa shape index (κ1) is 17.4. The first-order valence-electron chi connectivity index (χ1n) is 9.32. The van der Waals surface area contributed by atoms with Crippen LogP contribution in [-0.4, -0.2) is 75.5 Å². The van der Waals surface area contributed by atoms with Gasteiger partial charge in [0, 0.05) is 19.0 Å². The fourth-order valence-corrected chi connectivity index (χ4v) is 3.87. The van der Waals surface area contributed by atoms with E-state index in [1.807, 2.05) is 0 Å². The molecule has 0 aliphatic carbocycles. The topological polar surface area (TPSA) is 92.0 Å². The first-order chi connectivity index (χ1) is 12.8. The Balaban J connectivity index is 1.48. The number of fused-ring (bicyclic) bond motifs is 1. The number of piperidine rings is 1. The summed E-state index contributed by atoms with van der Waals surface area (Å²) in [6.07, 6.45) is 9.25. The third-order valence-corrected chi connectivity index (χ3v) is 5.28. The van der Waals surface area contributed by atoms with Gasteiger partial charge in [-0.3, -0.25) is 9.69 Å². The molecule has 2 aliphatic heterocycles. The van der Waals surface area contributed by atoms with Crippen LogP contribution in [0.25, 0.3) is 5.65 Å². The van der Waals surface area contributed by atoms with E-state index >= 15 is 0 Å². The Kier molecular flexibility index (Phi) is 5.14. The van der Waals surface area contributed by atoms with Gasteiger partial charge in [0.15, 0.2) is 5.65 Å². The van der Waals surface area contributed by atoms with E-state index in [1.54, 1.807) is 23.1 Å². The van der Waals surface area contributed by atoms with Crippen molar-refractivity contribution in [3.63, 3.8) is 0 Å². The lowest BCUT2D eigenvalue weighted by atomic mass is 10.0. The molecular weight excluding hydrogens is 334 g/mol. The zero-order valence-electron chi connectivity index (χ0n) is 14.8. The zero-order valence-corrected chi connectivity index (χ0v) is 14.8. The quantitative estimate of drug-likeness (QED) is 0.795. The summed E-state index contributed by atoms with van der Waals surface area (Å²) in [4.78, 5) is 19.6. The number of carbonyl (C=O) groups is 1. The maximum absolute atomic E-state index is 12.8. The van der Waals surface area contributed by atoms with Gasteiger partial charge in [-0.15, -0.1) is 0 Å². The number of aliphatic hydroxyl groups is 1. The Morgan fingerprint density at radius 2 is 2.12 bits per heavy atom. The predicted molar refractivity (Wildman–Crippen MR) is 95.1 cm³/mol. The number of nitrogens with zero attached hydrogens (tertiary/aromatic N) is 4. The van der Waals surface area contributed by atoms with Gasteiger partial charge in [-0.1, -0.05) is 6.42 Å². The molecule has 0 unspecified atom stereocenters. The van der Waals surface area contributed by atoms with Gasteiger partial charge in [0.25, 0.3) is 5.91 Å². The van der Waals surface area contributed by atoms with Crippen molar-refractivity contribution in [3.05, 3.63) is 29.7 Å². The van der Waals surface area contributed by atoms with Crippen LogP contribution in [0.4, 0.5) is 0 Å². The van der Waals surface area contributed by atoms with E-state index in [0.717, 1.165) is 18.7 Å². The van der Waals surface area contributed by atoms with Gasteiger partial charge in [0.05, 0.1) is 31.5 Å². The number of ether oxygens (including phenoxy) is 1. The third-order valence-electron chi connectivity index (χ3n) is 5.28. The van der Waals surface area contributed by atoms with Gasteiger partial charge < -0.3 is 15.2 Å². The first-order valence-corrected chi connectivity index (χ1v) is 9.32. The molecule has 0 radical (unpaired) electrons. The SMILES string of the molecule is O=C(N[C@@H]1COC[C@H]1N1CCCCC1)c1cnn2cc(CCO)cnc12. The number of aliphatic hydroxyl groups excluding tert-OH is 1. The lowest BCUT2D eigenvalue weighted by Crippen LogP contribution is -2.52. The molecule has 0 bridgehead atoms. The van der Waals surface area contributed by atoms with E-state index in [2.05, 4.69) is 20.3 Å². The summed E-state index contributed by atoms with van der Waals surface area (Å²) in [6, 6.07) is 0.231. The van der Waals surface area contributed by atoms with Gasteiger partial charge in [-0.05, 0) is 37.9 Å². The van der Waals surface area contributed by atoms with E-state index in [0.29, 0.717) is 30.8 Å². The second-order valence-electron chi connectivity index (χ2n) is 7.04. The van der Waals surface area contributed by atoms with Crippen molar-refractivity contribution in [2.45, 2.75) is 37.8 Å². The molecule has 2 aliphatic rings. The second-order valence-corrected chi connectivity index (χ2v) is 7.04. The van der Waals surface area contributed by atoms with Crippen LogP contribution in [0.3, 0.4) is 0 Å². The van der Waals surface area contributed by atoms with E-state index in [4.69, 9.17) is 9.84 Å². The molecular formula is C18H25N5O3. The predicted octanol–water partition coefficient (Wildman–Crippen LogP) is 0.247. The standard InChI is InChI=1S/C18H25N5O3/c24-7-4-13-8-19-17-14(9-20-23(17)10-13)18(25)21-15-11-26-12-16(15)22-5-2-1-3-6-22/h8-10,15-16,24H,1-7,11-12H2,(H,21,25)/t15-,16-/m1/s1. The number of likely N-dealkylation sites (tertiary alicyclic amines) is 1. The van der Waals surface area contributed by atoms with Gasteiger partial charge in [0.1, 0.15) is 5.56 Å². The van der Waals surface area contributed by atoms with Gasteiger partial charge in [-0.25, -0.2) is 9.50 Å². The van der Waals surface area contributed by atoms with Crippen molar-refractivity contribution in [2.75, 3.05) is 32.9 Å². The van der Waals surface area contributed by atoms with E-state index in [-0.39, 0.29) is 24.6 Å². The van der Waals surface area contributed by atoms with Crippen molar-refractivity contribution in [1.29, 1.82) is 0 Å². The minimum absolute atomic E-state index is 0.00999. The van der Waals surface area contributed by atoms with Crippen LogP contribution in [0.1, 0.15) is 35.2 Å². The highest BCUT2D eigenvalue weighted by Gasteiger charge is 2.35. The van der Waals surface area contributed by atoms with Crippen molar-refractivity contribution in [2.24, 2.45) is 0 Å². The van der Waals surface area contributed by atoms with E-state index in [9.17, 15) is 4.79 Å². The van der Waals surface area contributed by atoms with Crippen LogP contribution in [-0.2, 0) is 11.2 Å². The average molecular weight is 359 g/mol. The van der Waals surface area contributed by atoms with Crippen molar-refractivity contribution < 1.29 is 14.6 Å². The summed E-state index contributed by atoms with van der Waals surface area (Å²) >= 11 is 0. The summed E-state index contributed by atoms with van der Waals surface area (Å²) in [7, 11) is 0. The number of rotatable bonds is 5. The number of hydrogen-bond acceptors (Lipinski definition) is 6. The molecule has 4 rings (SSSR count). The largest absolute Gasteiger partial charge is 0.396 e. The minimum atomic E-state index is -0.167. The number of nitrogens with one attached hydrogen (secondary N) is 1. The smallest absolute Gasteiger partial charge is 0.257 e. The van der Waals surface area contributed by atoms with Crippen LogP contribution >= 0.6 is 0 Å². The van der Waals surface area contributed by atoms with Crippen LogP contribution in [0.15, 0.2) is 18.6 Å². The summed E-state index contributed by atoms with van der Waals surface area (Å²) < 4.78 is 7.25. The minimum Gasteiger partial charge on any atom is -0.396 e. The third kappa shape index (κ3) is 3.44. The maximum Gasteiger partial charge on any atom is 0.257 e. The Labute approximate surface area is 152 Å². The molecule has 2 atom stereocenters. The van der Waals surface area contributed by atoms with Crippen LogP contribution < -0.4 is 5.32 Å². The molecule has 1 amide bonds. The highest BCUT2D eigenvalue weighted by Crippen LogP contribution is 2.19. The summed E-state index contributed by atoms with van der Waals surface area (Å²) in [5.41, 5.74) is 1.87. The molecule has 8 heteroatoms. The highest BCUT2D eigenvalue weighted by molar-refractivity contribution is 5.99. The molecule has 8 nitrogen and oxygen atoms in total. The molecule has 2 aromatic heterocycles. The van der Waals surface area contributed by atoms with Gasteiger partial charge >= 0.3 is 0 Å². The Morgan fingerprint density at radius 1 is 1.27 bits per heavy atom. The molecule has 140 valence electrons. The number of aromatic nitrogens is 3. The summed E-state index contributed by atoms with van der Waals surface area (Å²) in [6.45, 7) is 3.42. The molecule has 2 saturated heterocycles. The summed E-state index contributed by atoms with van der Waals surface area (Å²) in [5, 5.41) is 16.4. The fraction of sp³-hybridized carbons (Fsp3) is 0.611. The van der Waals surface area contributed by atoms with E-state index in [1.165, 1.54) is 19.3 Å². The normalized spacial score (nSPS) is 24.2. The monoisotopic (exact) mass is 359 g/mol. The van der Waals surface area contributed by atoms with Crippen molar-refractivity contribution in [1.82, 2.24) is 24.8 Å². The Hall–Kier alpha value is -2.03. The maximum atomic E-state index is 12.8. The molecule has 26 heavy (non-hydrogen) atoms. The molecule has 2 fully saturated rings. The second kappa shape index (κ2) is 7.69. The van der Waals surface area contributed by atoms with Crippen molar-refractivity contribution in [3.8, 4) is 0 Å². The Bertz CT molecular complexity index is 771. The Morgan fingerprint density at radius 3 is 2.92 bits per heavy atom.